The summed E-state index contributed by atoms with van der Waals surface area (Å²) in [7, 11) is -4.64. The van der Waals surface area contributed by atoms with Gasteiger partial charge in [-0.05, 0) is 0 Å². The molecule has 10 heavy (non-hydrogen) atoms. The van der Waals surface area contributed by atoms with E-state index in [1.165, 1.54) is 0 Å². The average Bonchev–Trinajstić information content (AvgIpc) is 1.19. The molecule has 0 bridgehead atoms. The van der Waals surface area contributed by atoms with E-state index in [2.05, 4.69) is 0 Å². The Morgan fingerprint density at radius 2 is 1.30 bits per heavy atom. The maximum Gasteiger partial charge on any atom is 0.466 e. The first-order valence-electron chi connectivity index (χ1n) is 1.71. The van der Waals surface area contributed by atoms with Crippen LogP contribution in [0.4, 0.5) is 0 Å². The van der Waals surface area contributed by atoms with Gasteiger partial charge in [0.15, 0.2) is 0 Å². The fourth-order valence-electron chi connectivity index (χ4n) is 0. The smallest absolute Gasteiger partial charge is 0.466 e. The number of carbonyl (C=O) groups is 1. The standard InChI is InChI=1S/C2H4O2.Mn.H3O4P/c1-2(3)4;;1-5(2,3)4/h1H3,(H,3,4);;(H3,1,2,3,4). The Kier molecular flexibility index (Phi) is 12.0. The van der Waals surface area contributed by atoms with Crippen LogP contribution in [0.25, 0.3) is 0 Å². The van der Waals surface area contributed by atoms with E-state index in [9.17, 15) is 0 Å². The van der Waals surface area contributed by atoms with Crippen molar-refractivity contribution in [3.8, 4) is 0 Å². The fraction of sp³-hybridized carbons (Fsp3) is 0.500. The Labute approximate surface area is 67.6 Å². The zero-order valence-electron chi connectivity index (χ0n) is 4.93. The number of hydrogen-bond acceptors (Lipinski definition) is 2. The first-order valence-corrected chi connectivity index (χ1v) is 3.28. The summed E-state index contributed by atoms with van der Waals surface area (Å²) in [4.78, 5) is 30.6. The van der Waals surface area contributed by atoms with Gasteiger partial charge in [-0.1, -0.05) is 0 Å². The van der Waals surface area contributed by atoms with Crippen LogP contribution < -0.4 is 0 Å². The van der Waals surface area contributed by atoms with Crippen molar-refractivity contribution in [3.05, 3.63) is 0 Å². The van der Waals surface area contributed by atoms with E-state index < -0.39 is 13.8 Å². The molecule has 0 saturated carbocycles. The van der Waals surface area contributed by atoms with E-state index in [0.29, 0.717) is 0 Å². The Bertz CT molecular complexity index is 115. The van der Waals surface area contributed by atoms with Crippen LogP contribution in [0.1, 0.15) is 6.92 Å². The molecule has 0 aliphatic heterocycles. The van der Waals surface area contributed by atoms with Gasteiger partial charge in [-0.2, -0.15) is 0 Å². The van der Waals surface area contributed by atoms with Crippen molar-refractivity contribution in [2.24, 2.45) is 0 Å². The molecule has 0 spiro atoms. The van der Waals surface area contributed by atoms with Gasteiger partial charge in [0.2, 0.25) is 0 Å². The number of carboxylic acids is 1. The molecule has 0 rings (SSSR count). The fourth-order valence-corrected chi connectivity index (χ4v) is 0. The summed E-state index contributed by atoms with van der Waals surface area (Å²) in [5, 5.41) is 7.42. The van der Waals surface area contributed by atoms with Crippen LogP contribution in [0.2, 0.25) is 0 Å². The third kappa shape index (κ3) is 41300. The Morgan fingerprint density at radius 1 is 1.30 bits per heavy atom. The Morgan fingerprint density at radius 3 is 1.30 bits per heavy atom. The molecule has 0 atom stereocenters. The molecule has 0 aromatic rings. The second-order valence-corrected chi connectivity index (χ2v) is 2.06. The third-order valence-corrected chi connectivity index (χ3v) is 0. The van der Waals surface area contributed by atoms with Crippen molar-refractivity contribution < 1.29 is 46.2 Å². The van der Waals surface area contributed by atoms with Crippen molar-refractivity contribution in [2.45, 2.75) is 6.92 Å². The molecule has 0 amide bonds. The molecule has 8 heteroatoms. The van der Waals surface area contributed by atoms with Gasteiger partial charge < -0.3 is 19.8 Å². The number of carboxylic acid groups (broad SMARTS) is 1. The summed E-state index contributed by atoms with van der Waals surface area (Å²) < 4.78 is 8.88. The maximum atomic E-state index is 9.00. The van der Waals surface area contributed by atoms with Gasteiger partial charge in [-0.25, -0.2) is 4.57 Å². The van der Waals surface area contributed by atoms with E-state index in [0.717, 1.165) is 6.92 Å². The molecule has 0 aliphatic rings. The van der Waals surface area contributed by atoms with Gasteiger partial charge in [0, 0.05) is 24.0 Å². The summed E-state index contributed by atoms with van der Waals surface area (Å²) in [6, 6.07) is 0. The topological polar surface area (TPSA) is 115 Å². The second-order valence-electron chi connectivity index (χ2n) is 1.03. The van der Waals surface area contributed by atoms with Crippen LogP contribution in [0.3, 0.4) is 0 Å². The molecule has 0 aromatic heterocycles. The van der Waals surface area contributed by atoms with Crippen molar-refractivity contribution in [2.75, 3.05) is 0 Å². The van der Waals surface area contributed by atoms with E-state index in [-0.39, 0.29) is 17.1 Å². The van der Waals surface area contributed by atoms with Crippen molar-refractivity contribution in [1.29, 1.82) is 0 Å². The first-order chi connectivity index (χ1) is 3.73. The van der Waals surface area contributed by atoms with Crippen LogP contribution in [0.15, 0.2) is 0 Å². The molecule has 0 fully saturated rings. The Hall–Kier alpha value is 0.0995. The van der Waals surface area contributed by atoms with E-state index in [1.807, 2.05) is 0 Å². The largest absolute Gasteiger partial charge is 0.481 e. The normalized spacial score (nSPS) is 8.40. The van der Waals surface area contributed by atoms with Gasteiger partial charge in [0.1, 0.15) is 0 Å². The van der Waals surface area contributed by atoms with Crippen LogP contribution in [0.5, 0.6) is 0 Å². The van der Waals surface area contributed by atoms with Crippen molar-refractivity contribution in [3.63, 3.8) is 0 Å². The second kappa shape index (κ2) is 7.21. The molecule has 4 N–H and O–H groups in total. The molecular formula is C2H7MnO6P. The number of hydrogen-bond donors (Lipinski definition) is 4. The zero-order valence-corrected chi connectivity index (χ0v) is 7.01. The molecule has 0 saturated heterocycles. The summed E-state index contributed by atoms with van der Waals surface area (Å²) >= 11 is 0. The minimum Gasteiger partial charge on any atom is -0.481 e. The Balaban J connectivity index is -0.0000000910. The summed E-state index contributed by atoms with van der Waals surface area (Å²) in [6.45, 7) is 1.08. The van der Waals surface area contributed by atoms with Crippen LogP contribution in [-0.4, -0.2) is 25.8 Å². The van der Waals surface area contributed by atoms with Crippen LogP contribution >= 0.6 is 7.82 Å². The third-order valence-electron chi connectivity index (χ3n) is 0. The molecule has 0 aliphatic carbocycles. The predicted octanol–water partition coefficient (Wildman–Crippen LogP) is -0.840. The van der Waals surface area contributed by atoms with Crippen molar-refractivity contribution in [1.82, 2.24) is 0 Å². The maximum absolute atomic E-state index is 9.00. The summed E-state index contributed by atoms with van der Waals surface area (Å²) in [5.41, 5.74) is 0. The molecule has 63 valence electrons. The van der Waals surface area contributed by atoms with Crippen molar-refractivity contribution >= 4 is 13.8 Å². The molecule has 0 unspecified atom stereocenters. The average molecular weight is 213 g/mol. The summed E-state index contributed by atoms with van der Waals surface area (Å²) in [6.07, 6.45) is 0. The van der Waals surface area contributed by atoms with Gasteiger partial charge in [0.25, 0.3) is 5.97 Å². The molecule has 0 aromatic carbocycles. The first kappa shape index (κ1) is 16.6. The minimum absolute atomic E-state index is 0. The van der Waals surface area contributed by atoms with Gasteiger partial charge >= 0.3 is 7.82 Å². The molecular weight excluding hydrogens is 206 g/mol. The molecule has 0 heterocycles. The number of aliphatic carboxylic acids is 1. The van der Waals surface area contributed by atoms with E-state index in [4.69, 9.17) is 29.1 Å². The van der Waals surface area contributed by atoms with E-state index >= 15 is 0 Å². The number of phosphoric acid groups is 1. The van der Waals surface area contributed by atoms with Gasteiger partial charge in [-0.15, -0.1) is 0 Å². The van der Waals surface area contributed by atoms with E-state index in [1.54, 1.807) is 0 Å². The molecule has 6 nitrogen and oxygen atoms in total. The van der Waals surface area contributed by atoms with Gasteiger partial charge in [0.05, 0.1) is 0 Å². The summed E-state index contributed by atoms with van der Waals surface area (Å²) in [5.74, 6) is -0.833. The predicted molar refractivity (Wildman–Crippen MR) is 27.6 cm³/mol. The zero-order chi connectivity index (χ0) is 8.08. The quantitative estimate of drug-likeness (QED) is 0.308. The monoisotopic (exact) mass is 213 g/mol. The SMILES string of the molecule is CC(=O)O.O=P(O)(O)O.[Mn]. The van der Waals surface area contributed by atoms with Gasteiger partial charge in [-0.3, -0.25) is 4.79 Å². The minimum atomic E-state index is -4.64. The molecule has 1 radical (unpaired) electrons. The number of rotatable bonds is 0. The van der Waals surface area contributed by atoms with Crippen LogP contribution in [-0.2, 0) is 26.4 Å². The van der Waals surface area contributed by atoms with Crippen LogP contribution in [0, 0.1) is 0 Å².